The van der Waals surface area contributed by atoms with Crippen LogP contribution in [0.2, 0.25) is 0 Å². The molecule has 0 atom stereocenters. The highest BCUT2D eigenvalue weighted by Crippen LogP contribution is 2.15. The van der Waals surface area contributed by atoms with E-state index in [1.54, 1.807) is 31.2 Å². The number of benzene rings is 1. The second-order valence-corrected chi connectivity index (χ2v) is 4.03. The second-order valence-electron chi connectivity index (χ2n) is 4.03. The average Bonchev–Trinajstić information content (AvgIpc) is 2.63. The summed E-state index contributed by atoms with van der Waals surface area (Å²) in [5, 5.41) is 8.68. The Morgan fingerprint density at radius 3 is 2.11 bits per heavy atom. The van der Waals surface area contributed by atoms with E-state index in [2.05, 4.69) is 0 Å². The molecule has 0 N–H and O–H groups in total. The summed E-state index contributed by atoms with van der Waals surface area (Å²) in [7, 11) is 0. The van der Waals surface area contributed by atoms with Crippen LogP contribution in [-0.2, 0) is 16.1 Å². The van der Waals surface area contributed by atoms with Gasteiger partial charge in [-0.1, -0.05) is 12.1 Å². The predicted octanol–water partition coefficient (Wildman–Crippen LogP) is 0.869. The number of nitriles is 1. The van der Waals surface area contributed by atoms with Crippen molar-refractivity contribution in [3.63, 3.8) is 0 Å². The lowest BCUT2D eigenvalue weighted by Gasteiger charge is -2.14. The van der Waals surface area contributed by atoms with Crippen LogP contribution in [0.3, 0.4) is 0 Å². The molecule has 96 valence electrons. The Kier molecular flexibility index (Phi) is 3.29. The summed E-state index contributed by atoms with van der Waals surface area (Å²) in [6, 6.07) is 7.88. The number of rotatable bonds is 3. The van der Waals surface area contributed by atoms with Crippen molar-refractivity contribution in [1.29, 1.82) is 5.26 Å². The molecule has 1 aliphatic heterocycles. The van der Waals surface area contributed by atoms with Gasteiger partial charge in [0.05, 0.1) is 18.2 Å². The molecule has 6 heteroatoms. The fourth-order valence-electron chi connectivity index (χ4n) is 1.84. The number of likely N-dealkylation sites (N-methyl/N-ethyl adjacent to an activating group) is 1. The van der Waals surface area contributed by atoms with E-state index in [0.717, 1.165) is 9.80 Å². The summed E-state index contributed by atoms with van der Waals surface area (Å²) in [5.41, 5.74) is 1.18. The van der Waals surface area contributed by atoms with Crippen molar-refractivity contribution < 1.29 is 14.4 Å². The summed E-state index contributed by atoms with van der Waals surface area (Å²) in [6.07, 6.45) is 0. The molecular formula is C13H11N3O3. The highest BCUT2D eigenvalue weighted by atomic mass is 16.2. The third-order valence-corrected chi connectivity index (χ3v) is 2.88. The zero-order valence-corrected chi connectivity index (χ0v) is 10.3. The SMILES string of the molecule is CCN1C(=O)C(=O)N(Cc2ccc(C#N)cc2)C1=O. The van der Waals surface area contributed by atoms with Crippen molar-refractivity contribution >= 4 is 17.8 Å². The quantitative estimate of drug-likeness (QED) is 0.594. The molecule has 0 unspecified atom stereocenters. The van der Waals surface area contributed by atoms with E-state index in [9.17, 15) is 14.4 Å². The van der Waals surface area contributed by atoms with Gasteiger partial charge < -0.3 is 0 Å². The van der Waals surface area contributed by atoms with Gasteiger partial charge in [-0.2, -0.15) is 5.26 Å². The van der Waals surface area contributed by atoms with Gasteiger partial charge in [0.1, 0.15) is 0 Å². The van der Waals surface area contributed by atoms with Gasteiger partial charge in [0.15, 0.2) is 0 Å². The highest BCUT2D eigenvalue weighted by molar-refractivity contribution is 6.44. The van der Waals surface area contributed by atoms with Gasteiger partial charge in [-0.25, -0.2) is 4.79 Å². The first kappa shape index (κ1) is 12.8. The molecule has 0 radical (unpaired) electrons. The number of carbonyl (C=O) groups excluding carboxylic acids is 3. The minimum Gasteiger partial charge on any atom is -0.263 e. The third kappa shape index (κ3) is 2.18. The number of hydrogen-bond donors (Lipinski definition) is 0. The minimum atomic E-state index is -0.809. The average molecular weight is 257 g/mol. The molecule has 1 heterocycles. The first-order valence-electron chi connectivity index (χ1n) is 5.74. The summed E-state index contributed by atoms with van der Waals surface area (Å²) >= 11 is 0. The molecule has 0 spiro atoms. The van der Waals surface area contributed by atoms with Crippen molar-refractivity contribution in [2.75, 3.05) is 6.54 Å². The summed E-state index contributed by atoms with van der Waals surface area (Å²) < 4.78 is 0. The standard InChI is InChI=1S/C13H11N3O3/c1-2-15-11(17)12(18)16(13(15)19)8-10-5-3-9(7-14)4-6-10/h3-6H,2,8H2,1H3. The molecule has 19 heavy (non-hydrogen) atoms. The fourth-order valence-corrected chi connectivity index (χ4v) is 1.84. The lowest BCUT2D eigenvalue weighted by Crippen LogP contribution is -2.32. The van der Waals surface area contributed by atoms with Crippen molar-refractivity contribution in [2.24, 2.45) is 0 Å². The normalized spacial score (nSPS) is 15.1. The molecule has 0 aliphatic carbocycles. The van der Waals surface area contributed by atoms with Crippen LogP contribution in [0, 0.1) is 11.3 Å². The van der Waals surface area contributed by atoms with Crippen LogP contribution >= 0.6 is 0 Å². The second kappa shape index (κ2) is 4.90. The Hall–Kier alpha value is -2.68. The Balaban J connectivity index is 2.19. The number of carbonyl (C=O) groups is 3. The van der Waals surface area contributed by atoms with Gasteiger partial charge in [-0.15, -0.1) is 0 Å². The Bertz CT molecular complexity index is 586. The molecule has 0 saturated carbocycles. The maximum atomic E-state index is 11.8. The summed E-state index contributed by atoms with van der Waals surface area (Å²) in [4.78, 5) is 36.9. The lowest BCUT2D eigenvalue weighted by atomic mass is 10.1. The van der Waals surface area contributed by atoms with Crippen LogP contribution in [0.4, 0.5) is 4.79 Å². The van der Waals surface area contributed by atoms with Crippen LogP contribution in [-0.4, -0.2) is 34.2 Å². The monoisotopic (exact) mass is 257 g/mol. The van der Waals surface area contributed by atoms with E-state index in [1.165, 1.54) is 0 Å². The molecule has 1 aromatic rings. The number of imide groups is 2. The van der Waals surface area contributed by atoms with Gasteiger partial charge in [0.25, 0.3) is 0 Å². The number of amides is 4. The zero-order chi connectivity index (χ0) is 14.0. The highest BCUT2D eigenvalue weighted by Gasteiger charge is 2.43. The molecule has 0 aromatic heterocycles. The Morgan fingerprint density at radius 1 is 1.05 bits per heavy atom. The van der Waals surface area contributed by atoms with E-state index in [-0.39, 0.29) is 13.1 Å². The molecule has 0 bridgehead atoms. The maximum absolute atomic E-state index is 11.8. The lowest BCUT2D eigenvalue weighted by molar-refractivity contribution is -0.143. The van der Waals surface area contributed by atoms with Gasteiger partial charge >= 0.3 is 17.8 Å². The summed E-state index contributed by atoms with van der Waals surface area (Å²) in [6.45, 7) is 1.84. The van der Waals surface area contributed by atoms with Crippen molar-refractivity contribution in [3.8, 4) is 6.07 Å². The van der Waals surface area contributed by atoms with Gasteiger partial charge in [-0.05, 0) is 24.6 Å². The number of urea groups is 1. The van der Waals surface area contributed by atoms with E-state index in [1.807, 2.05) is 6.07 Å². The molecular weight excluding hydrogens is 246 g/mol. The molecule has 2 rings (SSSR count). The third-order valence-electron chi connectivity index (χ3n) is 2.88. The van der Waals surface area contributed by atoms with Crippen LogP contribution in [0.5, 0.6) is 0 Å². The first-order valence-corrected chi connectivity index (χ1v) is 5.74. The molecule has 1 fully saturated rings. The molecule has 4 amide bonds. The Morgan fingerprint density at radius 2 is 1.63 bits per heavy atom. The topological polar surface area (TPSA) is 81.5 Å². The van der Waals surface area contributed by atoms with Crippen LogP contribution in [0.15, 0.2) is 24.3 Å². The van der Waals surface area contributed by atoms with Crippen molar-refractivity contribution in [1.82, 2.24) is 9.80 Å². The smallest absolute Gasteiger partial charge is 0.263 e. The van der Waals surface area contributed by atoms with Gasteiger partial charge in [0.2, 0.25) is 0 Å². The van der Waals surface area contributed by atoms with Gasteiger partial charge in [-0.3, -0.25) is 19.4 Å². The van der Waals surface area contributed by atoms with E-state index in [4.69, 9.17) is 5.26 Å². The molecule has 6 nitrogen and oxygen atoms in total. The van der Waals surface area contributed by atoms with Crippen LogP contribution in [0.1, 0.15) is 18.1 Å². The van der Waals surface area contributed by atoms with E-state index < -0.39 is 17.8 Å². The molecule has 1 aromatic carbocycles. The minimum absolute atomic E-state index is 0.0333. The zero-order valence-electron chi connectivity index (χ0n) is 10.3. The summed E-state index contributed by atoms with van der Waals surface area (Å²) in [5.74, 6) is -1.60. The Labute approximate surface area is 109 Å². The number of hydrogen-bond acceptors (Lipinski definition) is 4. The fraction of sp³-hybridized carbons (Fsp3) is 0.231. The van der Waals surface area contributed by atoms with Crippen molar-refractivity contribution in [3.05, 3.63) is 35.4 Å². The largest absolute Gasteiger partial charge is 0.334 e. The predicted molar refractivity (Wildman–Crippen MR) is 64.5 cm³/mol. The van der Waals surface area contributed by atoms with Crippen LogP contribution in [0.25, 0.3) is 0 Å². The number of nitrogens with zero attached hydrogens (tertiary/aromatic N) is 3. The van der Waals surface area contributed by atoms with E-state index in [0.29, 0.717) is 11.1 Å². The molecule has 1 saturated heterocycles. The maximum Gasteiger partial charge on any atom is 0.334 e. The van der Waals surface area contributed by atoms with Crippen molar-refractivity contribution in [2.45, 2.75) is 13.5 Å². The molecule has 1 aliphatic rings. The van der Waals surface area contributed by atoms with E-state index >= 15 is 0 Å². The van der Waals surface area contributed by atoms with Gasteiger partial charge in [0, 0.05) is 6.54 Å². The van der Waals surface area contributed by atoms with Crippen LogP contribution < -0.4 is 0 Å². The first-order chi connectivity index (χ1) is 9.08.